The number of rotatable bonds is 10. The molecule has 1 atom stereocenters. The second-order valence-electron chi connectivity index (χ2n) is 9.00. The number of nitrogens with zero attached hydrogens (tertiary/aromatic N) is 1. The lowest BCUT2D eigenvalue weighted by molar-refractivity contribution is -0.143. The van der Waals surface area contributed by atoms with Crippen molar-refractivity contribution in [3.63, 3.8) is 0 Å². The number of methoxy groups -OCH3 is 1. The van der Waals surface area contributed by atoms with Gasteiger partial charge in [0.1, 0.15) is 0 Å². The first-order valence-corrected chi connectivity index (χ1v) is 14.0. The van der Waals surface area contributed by atoms with Crippen molar-refractivity contribution in [3.05, 3.63) is 144 Å². The van der Waals surface area contributed by atoms with E-state index < -0.39 is 21.9 Å². The van der Waals surface area contributed by atoms with E-state index in [1.165, 1.54) is 19.2 Å². The average Bonchev–Trinajstić information content (AvgIpc) is 2.97. The van der Waals surface area contributed by atoms with Crippen molar-refractivity contribution in [2.75, 3.05) is 7.11 Å². The summed E-state index contributed by atoms with van der Waals surface area (Å²) in [6.07, 6.45) is 2.21. The molecule has 0 bridgehead atoms. The Labute approximate surface area is 229 Å². The molecule has 0 saturated carbocycles. The van der Waals surface area contributed by atoms with Crippen LogP contribution >= 0.6 is 0 Å². The Morgan fingerprint density at radius 2 is 1.36 bits per heavy atom. The van der Waals surface area contributed by atoms with E-state index in [0.717, 1.165) is 16.7 Å². The van der Waals surface area contributed by atoms with Gasteiger partial charge < -0.3 is 4.74 Å². The molecule has 7 heteroatoms. The lowest BCUT2D eigenvalue weighted by Crippen LogP contribution is -2.22. The highest BCUT2D eigenvalue weighted by Gasteiger charge is 2.23. The number of hydrogen-bond donors (Lipinski definition) is 1. The van der Waals surface area contributed by atoms with Crippen molar-refractivity contribution in [3.8, 4) is 0 Å². The molecule has 39 heavy (non-hydrogen) atoms. The molecule has 0 unspecified atom stereocenters. The molecular formula is C32H30N2O4S. The first-order chi connectivity index (χ1) is 18.9. The molecular weight excluding hydrogens is 508 g/mol. The average molecular weight is 539 g/mol. The fourth-order valence-electron chi connectivity index (χ4n) is 4.11. The summed E-state index contributed by atoms with van der Waals surface area (Å²) in [5.74, 6) is -1.05. The summed E-state index contributed by atoms with van der Waals surface area (Å²) in [6, 6.07) is 34.9. The molecule has 0 fully saturated rings. The monoisotopic (exact) mass is 538 g/mol. The van der Waals surface area contributed by atoms with Gasteiger partial charge in [-0.3, -0.25) is 4.79 Å². The van der Waals surface area contributed by atoms with Crippen LogP contribution in [0.15, 0.2) is 131 Å². The quantitative estimate of drug-likeness (QED) is 0.157. The van der Waals surface area contributed by atoms with Crippen LogP contribution in [0.2, 0.25) is 0 Å². The number of sulfonamides is 1. The van der Waals surface area contributed by atoms with E-state index >= 15 is 0 Å². The van der Waals surface area contributed by atoms with Crippen molar-refractivity contribution < 1.29 is 17.9 Å². The highest BCUT2D eigenvalue weighted by atomic mass is 32.2. The van der Waals surface area contributed by atoms with E-state index in [1.54, 1.807) is 18.2 Å². The number of aryl methyl sites for hydroxylation is 1. The molecule has 0 heterocycles. The van der Waals surface area contributed by atoms with Gasteiger partial charge in [0.05, 0.1) is 23.6 Å². The molecule has 4 rings (SSSR count). The largest absolute Gasteiger partial charge is 0.469 e. The number of ether oxygens (including phenoxy) is 1. The fourth-order valence-corrected chi connectivity index (χ4v) is 4.92. The van der Waals surface area contributed by atoms with Crippen LogP contribution in [-0.2, 0) is 26.0 Å². The van der Waals surface area contributed by atoms with Crippen LogP contribution in [0.25, 0.3) is 5.57 Å². The highest BCUT2D eigenvalue weighted by molar-refractivity contribution is 7.89. The second kappa shape index (κ2) is 12.8. The number of benzene rings is 4. The van der Waals surface area contributed by atoms with E-state index in [9.17, 15) is 13.2 Å². The van der Waals surface area contributed by atoms with E-state index in [2.05, 4.69) is 9.93 Å². The lowest BCUT2D eigenvalue weighted by atomic mass is 9.90. The van der Waals surface area contributed by atoms with E-state index in [0.29, 0.717) is 23.3 Å². The minimum absolute atomic E-state index is 0.103. The highest BCUT2D eigenvalue weighted by Crippen LogP contribution is 2.25. The smallest absolute Gasteiger partial charge is 0.312 e. The van der Waals surface area contributed by atoms with E-state index in [4.69, 9.17) is 4.74 Å². The van der Waals surface area contributed by atoms with Gasteiger partial charge in [0.25, 0.3) is 10.0 Å². The van der Waals surface area contributed by atoms with Gasteiger partial charge in [-0.05, 0) is 36.6 Å². The van der Waals surface area contributed by atoms with Gasteiger partial charge in [0, 0.05) is 11.1 Å². The molecule has 4 aromatic rings. The van der Waals surface area contributed by atoms with Crippen LogP contribution in [0, 0.1) is 12.8 Å². The Morgan fingerprint density at radius 1 is 0.821 bits per heavy atom. The number of hydrazone groups is 1. The van der Waals surface area contributed by atoms with Crippen LogP contribution < -0.4 is 4.83 Å². The normalized spacial score (nSPS) is 13.0. The van der Waals surface area contributed by atoms with Gasteiger partial charge in [-0.1, -0.05) is 115 Å². The molecule has 0 aromatic heterocycles. The maximum absolute atomic E-state index is 13.1. The van der Waals surface area contributed by atoms with Gasteiger partial charge in [-0.25, -0.2) is 0 Å². The second-order valence-corrected chi connectivity index (χ2v) is 10.7. The lowest BCUT2D eigenvalue weighted by Gasteiger charge is -2.17. The Kier molecular flexibility index (Phi) is 9.07. The molecule has 1 N–H and O–H groups in total. The molecule has 198 valence electrons. The number of esters is 1. The van der Waals surface area contributed by atoms with Crippen LogP contribution in [0.3, 0.4) is 0 Å². The maximum Gasteiger partial charge on any atom is 0.312 e. The molecule has 4 aromatic carbocycles. The third-order valence-electron chi connectivity index (χ3n) is 6.17. The summed E-state index contributed by atoms with van der Waals surface area (Å²) < 4.78 is 31.4. The minimum Gasteiger partial charge on any atom is -0.469 e. The van der Waals surface area contributed by atoms with Crippen LogP contribution in [-0.4, -0.2) is 27.2 Å². The Hall–Kier alpha value is -4.49. The molecule has 0 amide bonds. The van der Waals surface area contributed by atoms with Crippen molar-refractivity contribution in [2.45, 2.75) is 18.2 Å². The van der Waals surface area contributed by atoms with Gasteiger partial charge in [-0.15, -0.1) is 0 Å². The summed E-state index contributed by atoms with van der Waals surface area (Å²) in [5.41, 5.74) is 4.34. The van der Waals surface area contributed by atoms with Gasteiger partial charge in [-0.2, -0.15) is 18.4 Å². The van der Waals surface area contributed by atoms with Crippen LogP contribution in [0.5, 0.6) is 0 Å². The first-order valence-electron chi connectivity index (χ1n) is 12.5. The van der Waals surface area contributed by atoms with Crippen molar-refractivity contribution >= 4 is 27.3 Å². The number of hydrogen-bond acceptors (Lipinski definition) is 5. The minimum atomic E-state index is -3.95. The zero-order valence-electron chi connectivity index (χ0n) is 21.8. The summed E-state index contributed by atoms with van der Waals surface area (Å²) in [5, 5.41) is 4.44. The third kappa shape index (κ3) is 7.30. The molecule has 6 nitrogen and oxygen atoms in total. The topological polar surface area (TPSA) is 84.8 Å². The number of carbonyl (C=O) groups excluding carboxylic acids is 1. The molecule has 0 aliphatic rings. The summed E-state index contributed by atoms with van der Waals surface area (Å²) in [4.78, 5) is 15.5. The first kappa shape index (κ1) is 27.5. The molecule has 0 spiro atoms. The summed E-state index contributed by atoms with van der Waals surface area (Å²) in [7, 11) is -2.59. The number of carbonyl (C=O) groups is 1. The molecule has 0 radical (unpaired) electrons. The summed E-state index contributed by atoms with van der Waals surface area (Å²) in [6.45, 7) is 1.89. The Bertz CT molecular complexity index is 1550. The van der Waals surface area contributed by atoms with Crippen LogP contribution in [0.1, 0.15) is 22.3 Å². The van der Waals surface area contributed by atoms with E-state index in [1.807, 2.05) is 97.9 Å². The predicted octanol–water partition coefficient (Wildman–Crippen LogP) is 5.79. The zero-order chi connectivity index (χ0) is 27.7. The maximum atomic E-state index is 13.1. The fraction of sp³-hybridized carbons (Fsp3) is 0.125. The van der Waals surface area contributed by atoms with Crippen molar-refractivity contribution in [1.29, 1.82) is 0 Å². The van der Waals surface area contributed by atoms with Gasteiger partial charge >= 0.3 is 5.97 Å². The van der Waals surface area contributed by atoms with Crippen molar-refractivity contribution in [1.82, 2.24) is 4.83 Å². The Balaban J connectivity index is 1.86. The molecule has 0 aliphatic carbocycles. The number of nitrogens with one attached hydrogen (secondary N) is 1. The predicted molar refractivity (Wildman–Crippen MR) is 155 cm³/mol. The SMILES string of the molecule is COC(=O)[C@@H](/C=C(/C(=N/NS(=O)(=O)c1ccc(C)cc1)c1ccccc1)c1ccccc1)Cc1ccccc1. The zero-order valence-corrected chi connectivity index (χ0v) is 22.6. The Morgan fingerprint density at radius 3 is 1.92 bits per heavy atom. The standard InChI is InChI=1S/C32H30N2O4S/c1-24-18-20-29(21-19-24)39(36,37)34-33-31(27-16-10-5-11-17-27)30(26-14-8-4-9-15-26)23-28(32(35)38-2)22-25-12-6-3-7-13-25/h3-21,23,28,34H,22H2,1-2H3/b30-23+,33-31+/t28-/m1/s1. The molecule has 0 saturated heterocycles. The van der Waals surface area contributed by atoms with Crippen molar-refractivity contribution in [2.24, 2.45) is 11.0 Å². The summed E-state index contributed by atoms with van der Waals surface area (Å²) >= 11 is 0. The number of allylic oxidation sites excluding steroid dienone is 1. The van der Waals surface area contributed by atoms with Gasteiger partial charge in [0.2, 0.25) is 0 Å². The van der Waals surface area contributed by atoms with Gasteiger partial charge in [0.15, 0.2) is 0 Å². The molecule has 0 aliphatic heterocycles. The third-order valence-corrected chi connectivity index (χ3v) is 7.39. The van der Waals surface area contributed by atoms with Crippen LogP contribution in [0.4, 0.5) is 0 Å². The van der Waals surface area contributed by atoms with E-state index in [-0.39, 0.29) is 4.90 Å².